The van der Waals surface area contributed by atoms with Crippen LogP contribution in [0, 0.1) is 0 Å². The number of hydrogen-bond acceptors (Lipinski definition) is 2. The number of fused-ring (bicyclic) bond motifs is 1. The Morgan fingerprint density at radius 2 is 1.71 bits per heavy atom. The fourth-order valence-electron chi connectivity index (χ4n) is 2.43. The number of aromatic nitrogens is 3. The van der Waals surface area contributed by atoms with Crippen molar-refractivity contribution in [1.29, 1.82) is 0 Å². The number of nitrogens with zero attached hydrogens (tertiary/aromatic N) is 2. The molecule has 0 aliphatic rings. The summed E-state index contributed by atoms with van der Waals surface area (Å²) in [6, 6.07) is 8.27. The third-order valence-electron chi connectivity index (χ3n) is 3.67. The van der Waals surface area contributed by atoms with Gasteiger partial charge in [0.1, 0.15) is 6.33 Å². The molecule has 3 rings (SSSR count). The van der Waals surface area contributed by atoms with Crippen LogP contribution in [0.4, 0.5) is 0 Å². The summed E-state index contributed by atoms with van der Waals surface area (Å²) in [5.74, 6) is 0. The minimum atomic E-state index is 0.853. The van der Waals surface area contributed by atoms with E-state index in [9.17, 15) is 0 Å². The van der Waals surface area contributed by atoms with Crippen molar-refractivity contribution in [2.75, 3.05) is 0 Å². The third-order valence-corrected chi connectivity index (χ3v) is 3.67. The van der Waals surface area contributed by atoms with Crippen molar-refractivity contribution in [2.24, 2.45) is 0 Å². The molecule has 2 aromatic heterocycles. The normalized spacial score (nSPS) is 10.7. The van der Waals surface area contributed by atoms with Gasteiger partial charge in [0.05, 0.1) is 0 Å². The second-order valence-electron chi connectivity index (χ2n) is 5.08. The van der Waals surface area contributed by atoms with Gasteiger partial charge in [-0.05, 0) is 30.1 Å². The van der Waals surface area contributed by atoms with Gasteiger partial charge in [-0.25, -0.2) is 9.97 Å². The van der Waals surface area contributed by atoms with Crippen molar-refractivity contribution >= 4 is 22.0 Å². The zero-order chi connectivity index (χ0) is 14.7. The number of hydrogen-bond donors (Lipinski definition) is 1. The molecule has 0 saturated carbocycles. The summed E-state index contributed by atoms with van der Waals surface area (Å²) in [5, 5.41) is 1.22. The molecule has 1 N–H and O–H groups in total. The summed E-state index contributed by atoms with van der Waals surface area (Å²) in [6.45, 7) is 8.33. The number of aromatic amines is 1. The van der Waals surface area contributed by atoms with Crippen molar-refractivity contribution < 1.29 is 0 Å². The summed E-state index contributed by atoms with van der Waals surface area (Å²) in [5.41, 5.74) is 5.47. The molecule has 3 nitrogen and oxygen atoms in total. The molecular formula is C18H17N3. The number of rotatable bonds is 5. The molecular weight excluding hydrogens is 258 g/mol. The van der Waals surface area contributed by atoms with Crippen LogP contribution in [-0.4, -0.2) is 15.0 Å². The maximum absolute atomic E-state index is 4.22. The van der Waals surface area contributed by atoms with Gasteiger partial charge in [0.2, 0.25) is 0 Å². The lowest BCUT2D eigenvalue weighted by atomic mass is 9.98. The Kier molecular flexibility index (Phi) is 3.65. The van der Waals surface area contributed by atoms with Gasteiger partial charge in [-0.15, -0.1) is 0 Å². The maximum Gasteiger partial charge on any atom is 0.115 e. The number of para-hydroxylation sites is 1. The van der Waals surface area contributed by atoms with Gasteiger partial charge in [0.15, 0.2) is 0 Å². The number of benzene rings is 1. The molecule has 2 heterocycles. The standard InChI is InChI=1S/C18H17N3/c1-13(15-9-19-12-20-10-15)7-8-14(2)17-11-21-18-6-4-3-5-16(17)18/h3-6,9-12,21H,1-2,7-8H2. The second-order valence-corrected chi connectivity index (χ2v) is 5.08. The van der Waals surface area contributed by atoms with Gasteiger partial charge >= 0.3 is 0 Å². The van der Waals surface area contributed by atoms with Crippen LogP contribution in [0.2, 0.25) is 0 Å². The highest BCUT2D eigenvalue weighted by molar-refractivity contribution is 5.92. The van der Waals surface area contributed by atoms with E-state index in [2.05, 4.69) is 40.2 Å². The van der Waals surface area contributed by atoms with Gasteiger partial charge < -0.3 is 4.98 Å². The fourth-order valence-corrected chi connectivity index (χ4v) is 2.43. The van der Waals surface area contributed by atoms with Crippen molar-refractivity contribution in [2.45, 2.75) is 12.8 Å². The molecule has 3 heteroatoms. The van der Waals surface area contributed by atoms with Crippen molar-refractivity contribution in [3.8, 4) is 0 Å². The average Bonchev–Trinajstić information content (AvgIpc) is 2.97. The SMILES string of the molecule is C=C(CCC(=C)c1c[nH]c2ccccc12)c1cncnc1. The van der Waals surface area contributed by atoms with E-state index in [1.165, 1.54) is 17.3 Å². The van der Waals surface area contributed by atoms with Crippen LogP contribution in [0.1, 0.15) is 24.0 Å². The van der Waals surface area contributed by atoms with Crippen LogP contribution in [0.25, 0.3) is 22.0 Å². The first-order valence-corrected chi connectivity index (χ1v) is 6.93. The highest BCUT2D eigenvalue weighted by Gasteiger charge is 2.07. The van der Waals surface area contributed by atoms with E-state index < -0.39 is 0 Å². The lowest BCUT2D eigenvalue weighted by Crippen LogP contribution is -1.88. The third kappa shape index (κ3) is 2.77. The van der Waals surface area contributed by atoms with Crippen LogP contribution >= 0.6 is 0 Å². The predicted molar refractivity (Wildman–Crippen MR) is 87.6 cm³/mol. The smallest absolute Gasteiger partial charge is 0.115 e. The molecule has 0 fully saturated rings. The minimum absolute atomic E-state index is 0.853. The highest BCUT2D eigenvalue weighted by Crippen LogP contribution is 2.29. The molecule has 0 amide bonds. The lowest BCUT2D eigenvalue weighted by Gasteiger charge is -2.07. The van der Waals surface area contributed by atoms with E-state index >= 15 is 0 Å². The van der Waals surface area contributed by atoms with Crippen molar-refractivity contribution in [1.82, 2.24) is 15.0 Å². The molecule has 0 bridgehead atoms. The number of nitrogens with one attached hydrogen (secondary N) is 1. The minimum Gasteiger partial charge on any atom is -0.361 e. The molecule has 0 unspecified atom stereocenters. The summed E-state index contributed by atoms with van der Waals surface area (Å²) >= 11 is 0. The Morgan fingerprint density at radius 3 is 2.52 bits per heavy atom. The molecule has 21 heavy (non-hydrogen) atoms. The predicted octanol–water partition coefficient (Wildman–Crippen LogP) is 4.46. The lowest BCUT2D eigenvalue weighted by molar-refractivity contribution is 1.07. The first-order chi connectivity index (χ1) is 10.3. The molecule has 0 spiro atoms. The molecule has 0 aliphatic heterocycles. The summed E-state index contributed by atoms with van der Waals surface area (Å²) in [6.07, 6.45) is 8.87. The molecule has 104 valence electrons. The van der Waals surface area contributed by atoms with Gasteiger partial charge in [-0.1, -0.05) is 31.4 Å². The Hall–Kier alpha value is -2.68. The topological polar surface area (TPSA) is 41.6 Å². The van der Waals surface area contributed by atoms with Crippen LogP contribution in [0.15, 0.2) is 62.3 Å². The zero-order valence-corrected chi connectivity index (χ0v) is 11.8. The Labute approximate surface area is 124 Å². The Bertz CT molecular complexity index is 784. The van der Waals surface area contributed by atoms with Gasteiger partial charge in [0.25, 0.3) is 0 Å². The molecule has 1 aromatic carbocycles. The quantitative estimate of drug-likeness (QED) is 0.746. The summed E-state index contributed by atoms with van der Waals surface area (Å²) in [4.78, 5) is 11.3. The zero-order valence-electron chi connectivity index (χ0n) is 11.8. The molecule has 0 atom stereocenters. The Balaban J connectivity index is 1.71. The summed E-state index contributed by atoms with van der Waals surface area (Å²) < 4.78 is 0. The van der Waals surface area contributed by atoms with E-state index in [1.54, 1.807) is 12.4 Å². The Morgan fingerprint density at radius 1 is 1.00 bits per heavy atom. The monoisotopic (exact) mass is 275 g/mol. The second kappa shape index (κ2) is 5.75. The van der Waals surface area contributed by atoms with Crippen molar-refractivity contribution in [3.63, 3.8) is 0 Å². The number of H-pyrrole nitrogens is 1. The average molecular weight is 275 g/mol. The first kappa shape index (κ1) is 13.3. The van der Waals surface area contributed by atoms with E-state index in [4.69, 9.17) is 0 Å². The van der Waals surface area contributed by atoms with Crippen molar-refractivity contribution in [3.05, 3.63) is 73.5 Å². The van der Waals surface area contributed by atoms with Crippen LogP contribution in [0.5, 0.6) is 0 Å². The molecule has 0 aliphatic carbocycles. The van der Waals surface area contributed by atoms with E-state index in [0.29, 0.717) is 0 Å². The highest BCUT2D eigenvalue weighted by atomic mass is 14.8. The van der Waals surface area contributed by atoms with E-state index in [0.717, 1.165) is 35.1 Å². The first-order valence-electron chi connectivity index (χ1n) is 6.93. The van der Waals surface area contributed by atoms with Crippen LogP contribution in [-0.2, 0) is 0 Å². The molecule has 0 saturated heterocycles. The largest absolute Gasteiger partial charge is 0.361 e. The molecule has 3 aromatic rings. The van der Waals surface area contributed by atoms with Gasteiger partial charge in [-0.3, -0.25) is 0 Å². The van der Waals surface area contributed by atoms with E-state index in [1.807, 2.05) is 18.3 Å². The van der Waals surface area contributed by atoms with Crippen LogP contribution in [0.3, 0.4) is 0 Å². The van der Waals surface area contributed by atoms with Crippen LogP contribution < -0.4 is 0 Å². The fraction of sp³-hybridized carbons (Fsp3) is 0.111. The summed E-state index contributed by atoms with van der Waals surface area (Å²) in [7, 11) is 0. The number of allylic oxidation sites excluding steroid dienone is 2. The van der Waals surface area contributed by atoms with Gasteiger partial charge in [0, 0.05) is 40.6 Å². The maximum atomic E-state index is 4.22. The molecule has 0 radical (unpaired) electrons. The van der Waals surface area contributed by atoms with E-state index in [-0.39, 0.29) is 0 Å². The van der Waals surface area contributed by atoms with Gasteiger partial charge in [-0.2, -0.15) is 0 Å².